The van der Waals surface area contributed by atoms with Gasteiger partial charge in [-0.2, -0.15) is 0 Å². The Hall–Kier alpha value is -1.34. The van der Waals surface area contributed by atoms with E-state index in [4.69, 9.17) is 5.11 Å². The first-order valence-corrected chi connectivity index (χ1v) is 7.26. The summed E-state index contributed by atoms with van der Waals surface area (Å²) in [5, 5.41) is 8.96. The van der Waals surface area contributed by atoms with E-state index in [2.05, 4.69) is 9.71 Å². The lowest BCUT2D eigenvalue weighted by atomic mass is 9.94. The van der Waals surface area contributed by atoms with Crippen molar-refractivity contribution < 1.29 is 18.3 Å². The molecular weight excluding hydrogens is 256 g/mol. The fourth-order valence-electron chi connectivity index (χ4n) is 2.15. The van der Waals surface area contributed by atoms with E-state index < -0.39 is 16.0 Å². The number of aromatic carboxylic acids is 1. The molecule has 1 aromatic rings. The smallest absolute Gasteiger partial charge is 0.352 e. The number of sulfonamides is 1. The molecule has 6 nitrogen and oxygen atoms in total. The summed E-state index contributed by atoms with van der Waals surface area (Å²) in [5.41, 5.74) is 0.546. The fraction of sp³-hybridized carbons (Fsp3) is 0.545. The molecule has 0 saturated heterocycles. The van der Waals surface area contributed by atoms with Crippen LogP contribution in [-0.4, -0.2) is 30.5 Å². The van der Waals surface area contributed by atoms with Crippen molar-refractivity contribution in [3.8, 4) is 0 Å². The number of hydrogen-bond donors (Lipinski definition) is 3. The van der Waals surface area contributed by atoms with Crippen molar-refractivity contribution in [3.63, 3.8) is 0 Å². The summed E-state index contributed by atoms with van der Waals surface area (Å²) in [6.45, 7) is 3.07. The Kier molecular flexibility index (Phi) is 3.20. The van der Waals surface area contributed by atoms with E-state index in [-0.39, 0.29) is 22.2 Å². The molecule has 1 aliphatic carbocycles. The molecule has 0 radical (unpaired) electrons. The second-order valence-electron chi connectivity index (χ2n) is 4.63. The third kappa shape index (κ3) is 2.15. The van der Waals surface area contributed by atoms with Gasteiger partial charge in [-0.15, -0.1) is 0 Å². The van der Waals surface area contributed by atoms with Gasteiger partial charge in [-0.25, -0.2) is 17.9 Å². The number of carboxylic acid groups (broad SMARTS) is 1. The van der Waals surface area contributed by atoms with E-state index in [0.29, 0.717) is 5.69 Å². The summed E-state index contributed by atoms with van der Waals surface area (Å²) < 4.78 is 27.0. The predicted molar refractivity (Wildman–Crippen MR) is 65.2 cm³/mol. The summed E-state index contributed by atoms with van der Waals surface area (Å²) in [7, 11) is -3.64. The fourth-order valence-corrected chi connectivity index (χ4v) is 3.91. The lowest BCUT2D eigenvalue weighted by Crippen LogP contribution is -2.39. The lowest BCUT2D eigenvalue weighted by molar-refractivity contribution is 0.0690. The maximum absolute atomic E-state index is 12.2. The standard InChI is InChI=1S/C11H16N2O4S/c1-6-9(11(14)15)12-7(2)10(6)18(16,17)13-8-4-3-5-8/h8,12-13H,3-5H2,1-2H3,(H,14,15). The monoisotopic (exact) mass is 272 g/mol. The number of carbonyl (C=O) groups is 1. The molecule has 0 aromatic carbocycles. The molecule has 18 heavy (non-hydrogen) atoms. The van der Waals surface area contributed by atoms with Crippen LogP contribution in [0.5, 0.6) is 0 Å². The van der Waals surface area contributed by atoms with Gasteiger partial charge >= 0.3 is 5.97 Å². The zero-order valence-corrected chi connectivity index (χ0v) is 11.1. The van der Waals surface area contributed by atoms with Gasteiger partial charge in [-0.3, -0.25) is 0 Å². The molecule has 1 aliphatic rings. The average molecular weight is 272 g/mol. The third-order valence-electron chi connectivity index (χ3n) is 3.28. The van der Waals surface area contributed by atoms with Crippen LogP contribution in [0.15, 0.2) is 4.90 Å². The summed E-state index contributed by atoms with van der Waals surface area (Å²) in [4.78, 5) is 13.6. The zero-order chi connectivity index (χ0) is 13.5. The molecule has 1 saturated carbocycles. The summed E-state index contributed by atoms with van der Waals surface area (Å²) >= 11 is 0. The van der Waals surface area contributed by atoms with Crippen molar-refractivity contribution in [3.05, 3.63) is 17.0 Å². The Morgan fingerprint density at radius 3 is 2.39 bits per heavy atom. The molecule has 0 spiro atoms. The number of aromatic nitrogens is 1. The van der Waals surface area contributed by atoms with Gasteiger partial charge in [-0.05, 0) is 26.7 Å². The van der Waals surface area contributed by atoms with Crippen LogP contribution < -0.4 is 4.72 Å². The first kappa shape index (κ1) is 13.1. The van der Waals surface area contributed by atoms with Gasteiger partial charge in [0.1, 0.15) is 10.6 Å². The topological polar surface area (TPSA) is 99.3 Å². The zero-order valence-electron chi connectivity index (χ0n) is 10.3. The Balaban J connectivity index is 2.40. The molecular formula is C11H16N2O4S. The molecule has 0 aliphatic heterocycles. The van der Waals surface area contributed by atoms with Crippen LogP contribution in [0.1, 0.15) is 41.0 Å². The molecule has 1 fully saturated rings. The molecule has 2 rings (SSSR count). The minimum Gasteiger partial charge on any atom is -0.477 e. The van der Waals surface area contributed by atoms with Crippen molar-refractivity contribution in [2.45, 2.75) is 44.0 Å². The number of aryl methyl sites for hydroxylation is 1. The highest BCUT2D eigenvalue weighted by Crippen LogP contribution is 2.26. The number of hydrogen-bond acceptors (Lipinski definition) is 3. The SMILES string of the molecule is Cc1[nH]c(C(=O)O)c(C)c1S(=O)(=O)NC1CCC1. The summed E-state index contributed by atoms with van der Waals surface area (Å²) in [5.74, 6) is -1.15. The van der Waals surface area contributed by atoms with Gasteiger partial charge in [0.05, 0.1) is 0 Å². The van der Waals surface area contributed by atoms with Crippen molar-refractivity contribution >= 4 is 16.0 Å². The van der Waals surface area contributed by atoms with Gasteiger partial charge in [0.15, 0.2) is 0 Å². The Bertz CT molecular complexity index is 584. The highest BCUT2D eigenvalue weighted by molar-refractivity contribution is 7.89. The average Bonchev–Trinajstić information content (AvgIpc) is 2.49. The maximum Gasteiger partial charge on any atom is 0.352 e. The van der Waals surface area contributed by atoms with Crippen LogP contribution in [0.3, 0.4) is 0 Å². The second kappa shape index (κ2) is 4.40. The number of rotatable bonds is 4. The number of aromatic amines is 1. The van der Waals surface area contributed by atoms with Crippen molar-refractivity contribution in [2.24, 2.45) is 0 Å². The predicted octanol–water partition coefficient (Wildman–Crippen LogP) is 1.16. The van der Waals surface area contributed by atoms with E-state index in [0.717, 1.165) is 19.3 Å². The summed E-state index contributed by atoms with van der Waals surface area (Å²) in [6.07, 6.45) is 2.71. The van der Waals surface area contributed by atoms with Crippen molar-refractivity contribution in [1.82, 2.24) is 9.71 Å². The molecule has 1 aromatic heterocycles. The van der Waals surface area contributed by atoms with Crippen LogP contribution in [0.25, 0.3) is 0 Å². The van der Waals surface area contributed by atoms with Crippen molar-refractivity contribution in [2.75, 3.05) is 0 Å². The molecule has 1 heterocycles. The van der Waals surface area contributed by atoms with Gasteiger partial charge in [0, 0.05) is 17.3 Å². The number of nitrogens with one attached hydrogen (secondary N) is 2. The molecule has 3 N–H and O–H groups in total. The van der Waals surface area contributed by atoms with E-state index in [1.54, 1.807) is 6.92 Å². The minimum atomic E-state index is -3.64. The third-order valence-corrected chi connectivity index (χ3v) is 5.07. The molecule has 0 unspecified atom stereocenters. The van der Waals surface area contributed by atoms with E-state index >= 15 is 0 Å². The van der Waals surface area contributed by atoms with E-state index in [1.165, 1.54) is 6.92 Å². The second-order valence-corrected chi connectivity index (χ2v) is 6.28. The minimum absolute atomic E-state index is 0.0167. The molecule has 0 atom stereocenters. The first-order valence-electron chi connectivity index (χ1n) is 5.77. The Labute approximate surface area is 105 Å². The quantitative estimate of drug-likeness (QED) is 0.765. The van der Waals surface area contributed by atoms with Crippen LogP contribution in [0.2, 0.25) is 0 Å². The summed E-state index contributed by atoms with van der Waals surface area (Å²) in [6, 6.07) is -0.0167. The first-order chi connectivity index (χ1) is 8.33. The Morgan fingerprint density at radius 1 is 1.39 bits per heavy atom. The van der Waals surface area contributed by atoms with Gasteiger partial charge in [0.25, 0.3) is 0 Å². The van der Waals surface area contributed by atoms with E-state index in [1.807, 2.05) is 0 Å². The maximum atomic E-state index is 12.2. The molecule has 7 heteroatoms. The largest absolute Gasteiger partial charge is 0.477 e. The molecule has 0 amide bonds. The van der Waals surface area contributed by atoms with Crippen LogP contribution >= 0.6 is 0 Å². The Morgan fingerprint density at radius 2 is 2.00 bits per heavy atom. The van der Waals surface area contributed by atoms with Crippen molar-refractivity contribution in [1.29, 1.82) is 0 Å². The highest BCUT2D eigenvalue weighted by atomic mass is 32.2. The van der Waals surface area contributed by atoms with Crippen LogP contribution in [0, 0.1) is 13.8 Å². The lowest BCUT2D eigenvalue weighted by Gasteiger charge is -2.26. The highest BCUT2D eigenvalue weighted by Gasteiger charge is 2.30. The van der Waals surface area contributed by atoms with Crippen LogP contribution in [-0.2, 0) is 10.0 Å². The van der Waals surface area contributed by atoms with Gasteiger partial charge in [-0.1, -0.05) is 6.42 Å². The normalized spacial score (nSPS) is 16.6. The number of H-pyrrole nitrogens is 1. The van der Waals surface area contributed by atoms with E-state index in [9.17, 15) is 13.2 Å². The molecule has 100 valence electrons. The molecule has 0 bridgehead atoms. The van der Waals surface area contributed by atoms with Crippen LogP contribution in [0.4, 0.5) is 0 Å². The van der Waals surface area contributed by atoms with Gasteiger partial charge < -0.3 is 10.1 Å². The van der Waals surface area contributed by atoms with Gasteiger partial charge in [0.2, 0.25) is 10.0 Å². The number of carboxylic acids is 1.